The van der Waals surface area contributed by atoms with Gasteiger partial charge in [0, 0.05) is 6.42 Å². The van der Waals surface area contributed by atoms with Gasteiger partial charge in [-0.2, -0.15) is 0 Å². The summed E-state index contributed by atoms with van der Waals surface area (Å²) in [6.07, 6.45) is 0.861. The lowest BCUT2D eigenvalue weighted by Gasteiger charge is -2.17. The molecule has 2 nitrogen and oxygen atoms in total. The Hall–Kier alpha value is -1.02. The Morgan fingerprint density at radius 1 is 1.20 bits per heavy atom. The molecule has 0 heterocycles. The van der Waals surface area contributed by atoms with Gasteiger partial charge in [0.25, 0.3) is 0 Å². The van der Waals surface area contributed by atoms with E-state index in [2.05, 4.69) is 0 Å². The maximum absolute atomic E-state index is 9.65. The quantitative estimate of drug-likeness (QED) is 0.824. The van der Waals surface area contributed by atoms with E-state index in [1.807, 2.05) is 52.0 Å². The predicted octanol–water partition coefficient (Wildman–Crippen LogP) is 2.79. The summed E-state index contributed by atoms with van der Waals surface area (Å²) in [5.41, 5.74) is 0.471. The molecule has 1 N–H and O–H groups in total. The van der Waals surface area contributed by atoms with Gasteiger partial charge in [0.2, 0.25) is 0 Å². The van der Waals surface area contributed by atoms with Crippen molar-refractivity contribution in [2.24, 2.45) is 0 Å². The Bertz CT molecular complexity index is 293. The number of benzene rings is 1. The Labute approximate surface area is 91.9 Å². The van der Waals surface area contributed by atoms with Crippen molar-refractivity contribution >= 4 is 0 Å². The summed E-state index contributed by atoms with van der Waals surface area (Å²) in [5, 5.41) is 9.65. The van der Waals surface area contributed by atoms with E-state index in [1.165, 1.54) is 0 Å². The largest absolute Gasteiger partial charge is 0.491 e. The Morgan fingerprint density at radius 2 is 1.73 bits per heavy atom. The van der Waals surface area contributed by atoms with Crippen molar-refractivity contribution < 1.29 is 9.84 Å². The number of hydrogen-bond acceptors (Lipinski definition) is 2. The van der Waals surface area contributed by atoms with Crippen LogP contribution in [0.5, 0.6) is 5.75 Å². The molecule has 1 rings (SSSR count). The highest BCUT2D eigenvalue weighted by atomic mass is 16.5. The van der Waals surface area contributed by atoms with Crippen molar-refractivity contribution in [1.29, 1.82) is 0 Å². The van der Waals surface area contributed by atoms with Crippen molar-refractivity contribution in [3.8, 4) is 5.75 Å². The minimum absolute atomic E-state index is 0.199. The van der Waals surface area contributed by atoms with Crippen LogP contribution in [-0.4, -0.2) is 16.8 Å². The van der Waals surface area contributed by atoms with E-state index in [9.17, 15) is 5.11 Å². The van der Waals surface area contributed by atoms with Gasteiger partial charge in [0.1, 0.15) is 5.75 Å². The third-order valence-electron chi connectivity index (χ3n) is 1.93. The molecule has 1 aromatic carbocycles. The number of rotatable bonds is 4. The molecule has 0 saturated heterocycles. The molecule has 0 spiro atoms. The lowest BCUT2D eigenvalue weighted by molar-refractivity contribution is 0.0809. The van der Waals surface area contributed by atoms with Crippen molar-refractivity contribution in [1.82, 2.24) is 0 Å². The second-order valence-corrected chi connectivity index (χ2v) is 4.80. The van der Waals surface area contributed by atoms with E-state index in [0.29, 0.717) is 6.42 Å². The Kier molecular flexibility index (Phi) is 3.75. The fraction of sp³-hybridized carbons (Fsp3) is 0.538. The third kappa shape index (κ3) is 4.84. The molecule has 0 aliphatic rings. The molecule has 0 unspecified atom stereocenters. The van der Waals surface area contributed by atoms with Crippen molar-refractivity contribution in [2.45, 2.75) is 45.8 Å². The van der Waals surface area contributed by atoms with E-state index in [-0.39, 0.29) is 6.10 Å². The van der Waals surface area contributed by atoms with Crippen LogP contribution in [0.15, 0.2) is 24.3 Å². The molecule has 0 bridgehead atoms. The molecular weight excluding hydrogens is 188 g/mol. The van der Waals surface area contributed by atoms with E-state index >= 15 is 0 Å². The number of ether oxygens (including phenoxy) is 1. The average Bonchev–Trinajstić information content (AvgIpc) is 2.05. The second-order valence-electron chi connectivity index (χ2n) is 4.80. The first-order chi connectivity index (χ1) is 6.87. The Balaban J connectivity index is 2.64. The van der Waals surface area contributed by atoms with Crippen LogP contribution in [0.1, 0.15) is 33.3 Å². The van der Waals surface area contributed by atoms with Gasteiger partial charge in [-0.05, 0) is 45.4 Å². The zero-order chi connectivity index (χ0) is 11.5. The molecule has 15 heavy (non-hydrogen) atoms. The maximum atomic E-state index is 9.65. The lowest BCUT2D eigenvalue weighted by atomic mass is 9.99. The van der Waals surface area contributed by atoms with Crippen molar-refractivity contribution in [3.05, 3.63) is 29.8 Å². The van der Waals surface area contributed by atoms with Gasteiger partial charge >= 0.3 is 0 Å². The number of hydrogen-bond donors (Lipinski definition) is 1. The minimum atomic E-state index is -0.652. The first-order valence-corrected chi connectivity index (χ1v) is 5.35. The molecule has 2 heteroatoms. The summed E-state index contributed by atoms with van der Waals surface area (Å²) in [4.78, 5) is 0. The molecule has 0 amide bonds. The second kappa shape index (κ2) is 4.67. The van der Waals surface area contributed by atoms with Gasteiger partial charge in [-0.1, -0.05) is 12.1 Å². The summed E-state index contributed by atoms with van der Waals surface area (Å²) in [5.74, 6) is 0.879. The summed E-state index contributed by atoms with van der Waals surface area (Å²) >= 11 is 0. The van der Waals surface area contributed by atoms with Crippen LogP contribution in [0.4, 0.5) is 0 Å². The minimum Gasteiger partial charge on any atom is -0.491 e. The first-order valence-electron chi connectivity index (χ1n) is 5.35. The summed E-state index contributed by atoms with van der Waals surface area (Å²) in [6, 6.07) is 7.88. The van der Waals surface area contributed by atoms with Crippen LogP contribution in [0.25, 0.3) is 0 Å². The van der Waals surface area contributed by atoms with Crippen LogP contribution in [-0.2, 0) is 6.42 Å². The third-order valence-corrected chi connectivity index (χ3v) is 1.93. The highest BCUT2D eigenvalue weighted by Gasteiger charge is 2.13. The SMILES string of the molecule is CC(C)Oc1ccc(CC(C)(C)O)cc1. The first kappa shape index (κ1) is 12.1. The van der Waals surface area contributed by atoms with Gasteiger partial charge in [-0.3, -0.25) is 0 Å². The van der Waals surface area contributed by atoms with Gasteiger partial charge < -0.3 is 9.84 Å². The molecule has 0 radical (unpaired) electrons. The molecule has 0 fully saturated rings. The molecule has 0 aromatic heterocycles. The fourth-order valence-corrected chi connectivity index (χ4v) is 1.46. The number of aliphatic hydroxyl groups is 1. The van der Waals surface area contributed by atoms with Crippen molar-refractivity contribution in [3.63, 3.8) is 0 Å². The van der Waals surface area contributed by atoms with Crippen LogP contribution in [0.2, 0.25) is 0 Å². The van der Waals surface area contributed by atoms with Crippen LogP contribution in [0, 0.1) is 0 Å². The van der Waals surface area contributed by atoms with E-state index < -0.39 is 5.60 Å². The molecule has 0 aliphatic carbocycles. The maximum Gasteiger partial charge on any atom is 0.119 e. The molecule has 84 valence electrons. The summed E-state index contributed by atoms with van der Waals surface area (Å²) < 4.78 is 5.54. The van der Waals surface area contributed by atoms with Gasteiger partial charge in [0.05, 0.1) is 11.7 Å². The summed E-state index contributed by atoms with van der Waals surface area (Å²) in [6.45, 7) is 7.63. The van der Waals surface area contributed by atoms with Gasteiger partial charge in [0.15, 0.2) is 0 Å². The van der Waals surface area contributed by atoms with E-state index in [4.69, 9.17) is 4.74 Å². The zero-order valence-electron chi connectivity index (χ0n) is 9.95. The molecule has 0 atom stereocenters. The van der Waals surface area contributed by atoms with E-state index in [0.717, 1.165) is 11.3 Å². The topological polar surface area (TPSA) is 29.5 Å². The van der Waals surface area contributed by atoms with Crippen LogP contribution < -0.4 is 4.74 Å². The van der Waals surface area contributed by atoms with Gasteiger partial charge in [-0.15, -0.1) is 0 Å². The highest BCUT2D eigenvalue weighted by Crippen LogP contribution is 2.17. The molecular formula is C13H20O2. The summed E-state index contributed by atoms with van der Waals surface area (Å²) in [7, 11) is 0. The van der Waals surface area contributed by atoms with Crippen LogP contribution in [0.3, 0.4) is 0 Å². The van der Waals surface area contributed by atoms with Crippen molar-refractivity contribution in [2.75, 3.05) is 0 Å². The predicted molar refractivity (Wildman–Crippen MR) is 62.2 cm³/mol. The van der Waals surface area contributed by atoms with Gasteiger partial charge in [-0.25, -0.2) is 0 Å². The lowest BCUT2D eigenvalue weighted by Crippen LogP contribution is -2.21. The smallest absolute Gasteiger partial charge is 0.119 e. The monoisotopic (exact) mass is 208 g/mol. The highest BCUT2D eigenvalue weighted by molar-refractivity contribution is 5.28. The molecule has 1 aromatic rings. The molecule has 0 aliphatic heterocycles. The standard InChI is InChI=1S/C13H20O2/c1-10(2)15-12-7-5-11(6-8-12)9-13(3,4)14/h5-8,10,14H,9H2,1-4H3. The Morgan fingerprint density at radius 3 is 2.13 bits per heavy atom. The molecule has 0 saturated carbocycles. The van der Waals surface area contributed by atoms with E-state index in [1.54, 1.807) is 0 Å². The van der Waals surface area contributed by atoms with Crippen LogP contribution >= 0.6 is 0 Å². The average molecular weight is 208 g/mol. The normalized spacial score (nSPS) is 11.9. The fourth-order valence-electron chi connectivity index (χ4n) is 1.46. The zero-order valence-corrected chi connectivity index (χ0v) is 9.95.